The van der Waals surface area contributed by atoms with Gasteiger partial charge >= 0.3 is 0 Å². The summed E-state index contributed by atoms with van der Waals surface area (Å²) in [5.41, 5.74) is 16.2. The average Bonchev–Trinajstić information content (AvgIpc) is 3.71. The molecular formula is C78H52N2. The Labute approximate surface area is 465 Å². The van der Waals surface area contributed by atoms with E-state index in [1.165, 1.54) is 109 Å². The van der Waals surface area contributed by atoms with Gasteiger partial charge in [0.15, 0.2) is 0 Å². The van der Waals surface area contributed by atoms with Crippen LogP contribution in [0, 0.1) is 0 Å². The molecule has 0 heterocycles. The van der Waals surface area contributed by atoms with E-state index in [0.717, 1.165) is 34.1 Å². The summed E-state index contributed by atoms with van der Waals surface area (Å²) in [7, 11) is 0. The normalized spacial score (nSPS) is 11.5. The summed E-state index contributed by atoms with van der Waals surface area (Å²) in [5.74, 6) is 0. The number of nitrogens with zero attached hydrogens (tertiary/aromatic N) is 2. The molecule has 15 rings (SSSR count). The zero-order valence-electron chi connectivity index (χ0n) is 43.9. The molecule has 0 bridgehead atoms. The molecule has 0 saturated heterocycles. The summed E-state index contributed by atoms with van der Waals surface area (Å²) in [5, 5.41) is 14.6. The van der Waals surface area contributed by atoms with E-state index in [2.05, 4.69) is 325 Å². The molecule has 80 heavy (non-hydrogen) atoms. The van der Waals surface area contributed by atoms with E-state index in [9.17, 15) is 0 Å². The van der Waals surface area contributed by atoms with Crippen LogP contribution in [0.3, 0.4) is 0 Å². The zero-order valence-corrected chi connectivity index (χ0v) is 43.9. The van der Waals surface area contributed by atoms with E-state index in [1.54, 1.807) is 0 Å². The standard InChI is InChI=1S/C78H52N2/c1-7-23-53(24-8-1)63-35-19-21-37-65(63)55-39-43-67-71(47-55)77-51-76-70-46-42-62(80(59-31-15-5-16-32-59)60-33-17-6-18-34-60)50-74(70)68-44-40-56(66-38-22-20-36-64(66)54-25-9-2-10-26-54)48-72(68)78(76)52-75(77)69-45-41-61(49-73(67)69)79(57-27-11-3-12-28-57)58-29-13-4-14-30-58/h1-52H. The summed E-state index contributed by atoms with van der Waals surface area (Å²) >= 11 is 0. The number of fused-ring (bicyclic) bond motifs is 12. The molecule has 0 amide bonds. The lowest BCUT2D eigenvalue weighted by Crippen LogP contribution is -2.09. The molecule has 0 radical (unpaired) electrons. The van der Waals surface area contributed by atoms with Gasteiger partial charge in [0.25, 0.3) is 0 Å². The highest BCUT2D eigenvalue weighted by Gasteiger charge is 2.21. The maximum absolute atomic E-state index is 2.52. The second kappa shape index (κ2) is 19.8. The second-order valence-electron chi connectivity index (χ2n) is 20.8. The molecule has 0 N–H and O–H groups in total. The molecule has 15 aromatic rings. The van der Waals surface area contributed by atoms with E-state index in [1.807, 2.05) is 0 Å². The number of hydrogen-bond acceptors (Lipinski definition) is 2. The van der Waals surface area contributed by atoms with Gasteiger partial charge in [-0.1, -0.05) is 218 Å². The van der Waals surface area contributed by atoms with Crippen LogP contribution in [-0.4, -0.2) is 0 Å². The smallest absolute Gasteiger partial charge is 0.0468 e. The molecule has 0 aromatic heterocycles. The lowest BCUT2D eigenvalue weighted by atomic mass is 9.86. The van der Waals surface area contributed by atoms with Crippen molar-refractivity contribution < 1.29 is 0 Å². The summed E-state index contributed by atoms with van der Waals surface area (Å²) in [4.78, 5) is 4.75. The Kier molecular flexibility index (Phi) is 11.6. The predicted molar refractivity (Wildman–Crippen MR) is 343 cm³/mol. The maximum atomic E-state index is 2.52. The number of anilines is 6. The van der Waals surface area contributed by atoms with Gasteiger partial charge in [-0.25, -0.2) is 0 Å². The van der Waals surface area contributed by atoms with Crippen molar-refractivity contribution in [3.63, 3.8) is 0 Å². The van der Waals surface area contributed by atoms with Crippen LogP contribution in [-0.2, 0) is 0 Å². The van der Waals surface area contributed by atoms with Crippen LogP contribution in [0.2, 0.25) is 0 Å². The van der Waals surface area contributed by atoms with E-state index in [0.29, 0.717) is 0 Å². The largest absolute Gasteiger partial charge is 0.310 e. The minimum absolute atomic E-state index is 1.10. The molecule has 0 aliphatic carbocycles. The van der Waals surface area contributed by atoms with Crippen molar-refractivity contribution in [3.8, 4) is 44.5 Å². The fraction of sp³-hybridized carbons (Fsp3) is 0. The van der Waals surface area contributed by atoms with Gasteiger partial charge in [-0.15, -0.1) is 0 Å². The van der Waals surface area contributed by atoms with Gasteiger partial charge in [-0.2, -0.15) is 0 Å². The summed E-state index contributed by atoms with van der Waals surface area (Å²) in [6.07, 6.45) is 0. The van der Waals surface area contributed by atoms with Crippen molar-refractivity contribution in [2.45, 2.75) is 0 Å². The number of para-hydroxylation sites is 4. The number of rotatable bonds is 10. The SMILES string of the molecule is c1ccc(-c2ccccc2-c2ccc3c(c2)c2cc4c5ccc(N(c6ccccc6)c6ccccc6)cc5c5ccc(-c6ccccc6-c6ccccc6)cc5c4cc2c2ccc(N(c4ccccc4)c4ccccc4)cc32)cc1. The third-order valence-electron chi connectivity index (χ3n) is 16.2. The quantitative estimate of drug-likeness (QED) is 0.0995. The average molecular weight is 1020 g/mol. The van der Waals surface area contributed by atoms with Crippen LogP contribution in [0.15, 0.2) is 315 Å². The Hall–Kier alpha value is -10.5. The van der Waals surface area contributed by atoms with Crippen LogP contribution < -0.4 is 9.80 Å². The van der Waals surface area contributed by atoms with Crippen molar-refractivity contribution in [1.29, 1.82) is 0 Å². The first kappa shape index (κ1) is 46.7. The zero-order chi connectivity index (χ0) is 52.9. The molecule has 0 unspecified atom stereocenters. The van der Waals surface area contributed by atoms with Crippen LogP contribution in [0.25, 0.3) is 109 Å². The molecule has 0 atom stereocenters. The Balaban J connectivity index is 1.05. The van der Waals surface area contributed by atoms with Gasteiger partial charge in [0.05, 0.1) is 0 Å². The van der Waals surface area contributed by atoms with E-state index in [-0.39, 0.29) is 0 Å². The first-order chi connectivity index (χ1) is 39.7. The molecule has 0 saturated carbocycles. The van der Waals surface area contributed by atoms with Gasteiger partial charge in [-0.3, -0.25) is 0 Å². The van der Waals surface area contributed by atoms with Gasteiger partial charge < -0.3 is 9.80 Å². The molecular weight excluding hydrogens is 965 g/mol. The highest BCUT2D eigenvalue weighted by Crippen LogP contribution is 2.48. The lowest BCUT2D eigenvalue weighted by Gasteiger charge is -2.26. The fourth-order valence-corrected chi connectivity index (χ4v) is 12.5. The van der Waals surface area contributed by atoms with Gasteiger partial charge in [0.2, 0.25) is 0 Å². The van der Waals surface area contributed by atoms with E-state index in [4.69, 9.17) is 0 Å². The molecule has 2 heteroatoms. The van der Waals surface area contributed by atoms with Gasteiger partial charge in [-0.05, 0) is 206 Å². The molecule has 15 aromatic carbocycles. The number of benzene rings is 15. The summed E-state index contributed by atoms with van der Waals surface area (Å²) < 4.78 is 0. The van der Waals surface area contributed by atoms with Crippen molar-refractivity contribution in [2.24, 2.45) is 0 Å². The Morgan fingerprint density at radius 2 is 0.375 bits per heavy atom. The van der Waals surface area contributed by atoms with Crippen molar-refractivity contribution in [1.82, 2.24) is 0 Å². The first-order valence-corrected chi connectivity index (χ1v) is 27.6. The molecule has 374 valence electrons. The van der Waals surface area contributed by atoms with Crippen molar-refractivity contribution in [3.05, 3.63) is 315 Å². The van der Waals surface area contributed by atoms with Crippen LogP contribution in [0.1, 0.15) is 0 Å². The van der Waals surface area contributed by atoms with Gasteiger partial charge in [0, 0.05) is 34.1 Å². The van der Waals surface area contributed by atoms with Gasteiger partial charge in [0.1, 0.15) is 0 Å². The minimum atomic E-state index is 1.10. The molecule has 0 aliphatic heterocycles. The third-order valence-corrected chi connectivity index (χ3v) is 16.2. The predicted octanol–water partition coefficient (Wildman–Crippen LogP) is 22.2. The van der Waals surface area contributed by atoms with Crippen LogP contribution in [0.5, 0.6) is 0 Å². The molecule has 0 fully saturated rings. The lowest BCUT2D eigenvalue weighted by molar-refractivity contribution is 1.29. The van der Waals surface area contributed by atoms with Crippen molar-refractivity contribution >= 4 is 98.8 Å². The van der Waals surface area contributed by atoms with Crippen LogP contribution in [0.4, 0.5) is 34.1 Å². The topological polar surface area (TPSA) is 6.48 Å². The Morgan fingerprint density at radius 1 is 0.138 bits per heavy atom. The third kappa shape index (κ3) is 8.13. The maximum Gasteiger partial charge on any atom is 0.0468 e. The Bertz CT molecular complexity index is 4400. The van der Waals surface area contributed by atoms with Crippen molar-refractivity contribution in [2.75, 3.05) is 9.80 Å². The van der Waals surface area contributed by atoms with E-state index < -0.39 is 0 Å². The van der Waals surface area contributed by atoms with Crippen LogP contribution >= 0.6 is 0 Å². The Morgan fingerprint density at radius 3 is 0.700 bits per heavy atom. The fourth-order valence-electron chi connectivity index (χ4n) is 12.5. The molecule has 0 spiro atoms. The molecule has 2 nitrogen and oxygen atoms in total. The number of hydrogen-bond donors (Lipinski definition) is 0. The highest BCUT2D eigenvalue weighted by molar-refractivity contribution is 6.34. The monoisotopic (exact) mass is 1020 g/mol. The summed E-state index contributed by atoms with van der Waals surface area (Å²) in [6, 6.07) is 116. The second-order valence-corrected chi connectivity index (χ2v) is 20.8. The molecule has 0 aliphatic rings. The summed E-state index contributed by atoms with van der Waals surface area (Å²) in [6.45, 7) is 0. The highest BCUT2D eigenvalue weighted by atomic mass is 15.1. The van der Waals surface area contributed by atoms with E-state index >= 15 is 0 Å². The first-order valence-electron chi connectivity index (χ1n) is 27.6. The minimum Gasteiger partial charge on any atom is -0.310 e.